The molecule has 3 N–H and O–H groups in total. The van der Waals surface area contributed by atoms with E-state index in [9.17, 15) is 9.90 Å². The summed E-state index contributed by atoms with van der Waals surface area (Å²) in [4.78, 5) is 14.7. The average molecular weight is 333 g/mol. The number of hydrogen-bond acceptors (Lipinski definition) is 3. The molecule has 1 aromatic carbocycles. The van der Waals surface area contributed by atoms with Crippen LogP contribution in [0.1, 0.15) is 51.1 Å². The van der Waals surface area contributed by atoms with Crippen molar-refractivity contribution in [3.05, 3.63) is 35.9 Å². The maximum Gasteiger partial charge on any atom is 0.315 e. The largest absolute Gasteiger partial charge is 0.388 e. The van der Waals surface area contributed by atoms with Crippen LogP contribution < -0.4 is 10.6 Å². The molecule has 0 spiro atoms. The number of amides is 2. The fourth-order valence-corrected chi connectivity index (χ4v) is 3.10. The molecule has 1 fully saturated rings. The molecular weight excluding hydrogens is 302 g/mol. The zero-order chi connectivity index (χ0) is 17.4. The van der Waals surface area contributed by atoms with Gasteiger partial charge < -0.3 is 20.6 Å². The number of likely N-dealkylation sites (tertiary alicyclic amines) is 1. The van der Waals surface area contributed by atoms with Crippen LogP contribution in [0.15, 0.2) is 30.3 Å². The van der Waals surface area contributed by atoms with Crippen molar-refractivity contribution in [2.24, 2.45) is 0 Å². The lowest BCUT2D eigenvalue weighted by Gasteiger charge is -2.28. The van der Waals surface area contributed by atoms with Crippen molar-refractivity contribution < 1.29 is 9.90 Å². The van der Waals surface area contributed by atoms with Crippen LogP contribution >= 0.6 is 0 Å². The second kappa shape index (κ2) is 9.04. The first-order valence-electron chi connectivity index (χ1n) is 9.10. The quantitative estimate of drug-likeness (QED) is 0.685. The summed E-state index contributed by atoms with van der Waals surface area (Å²) in [6.07, 6.45) is 3.71. The van der Waals surface area contributed by atoms with Crippen LogP contribution in [0.5, 0.6) is 0 Å². The normalized spacial score (nSPS) is 16.8. The van der Waals surface area contributed by atoms with Gasteiger partial charge in [-0.25, -0.2) is 4.79 Å². The molecule has 0 saturated carbocycles. The standard InChI is InChI=1S/C19H31N3O2/c1-3-19(24,4-2)15-20-18(23)21-17(14-22-12-8-9-13-22)16-10-6-5-7-11-16/h5-7,10-11,17,24H,3-4,8-9,12-15H2,1-2H3,(H2,20,21,23). The number of nitrogens with one attached hydrogen (secondary N) is 2. The number of carbonyl (C=O) groups is 1. The number of rotatable bonds is 8. The van der Waals surface area contributed by atoms with Crippen molar-refractivity contribution >= 4 is 6.03 Å². The average Bonchev–Trinajstić information content (AvgIpc) is 3.13. The lowest BCUT2D eigenvalue weighted by atomic mass is 9.98. The first kappa shape index (κ1) is 18.7. The summed E-state index contributed by atoms with van der Waals surface area (Å²) in [6, 6.07) is 9.82. The lowest BCUT2D eigenvalue weighted by Crippen LogP contribution is -2.48. The van der Waals surface area contributed by atoms with Gasteiger partial charge in [0.1, 0.15) is 0 Å². The highest BCUT2D eigenvalue weighted by atomic mass is 16.3. The highest BCUT2D eigenvalue weighted by molar-refractivity contribution is 5.74. The third kappa shape index (κ3) is 5.49. The highest BCUT2D eigenvalue weighted by Crippen LogP contribution is 2.18. The molecule has 24 heavy (non-hydrogen) atoms. The van der Waals surface area contributed by atoms with E-state index in [0.717, 1.165) is 25.2 Å². The summed E-state index contributed by atoms with van der Waals surface area (Å²) >= 11 is 0. The van der Waals surface area contributed by atoms with Gasteiger partial charge in [0.2, 0.25) is 0 Å². The molecule has 0 bridgehead atoms. The van der Waals surface area contributed by atoms with E-state index in [4.69, 9.17) is 0 Å². The SMILES string of the molecule is CCC(O)(CC)CNC(=O)NC(CN1CCCC1)c1ccccc1. The zero-order valence-corrected chi connectivity index (χ0v) is 14.9. The highest BCUT2D eigenvalue weighted by Gasteiger charge is 2.24. The zero-order valence-electron chi connectivity index (χ0n) is 14.9. The summed E-state index contributed by atoms with van der Waals surface area (Å²) in [5, 5.41) is 16.2. The van der Waals surface area contributed by atoms with Crippen LogP contribution in [0.2, 0.25) is 0 Å². The van der Waals surface area contributed by atoms with Crippen LogP contribution in [0.4, 0.5) is 4.79 Å². The minimum Gasteiger partial charge on any atom is -0.388 e. The van der Waals surface area contributed by atoms with Gasteiger partial charge in [-0.15, -0.1) is 0 Å². The summed E-state index contributed by atoms with van der Waals surface area (Å²) in [5.41, 5.74) is 0.287. The third-order valence-corrected chi connectivity index (χ3v) is 5.04. The van der Waals surface area contributed by atoms with Crippen molar-refractivity contribution in [2.45, 2.75) is 51.2 Å². The molecule has 1 aliphatic rings. The van der Waals surface area contributed by atoms with Gasteiger partial charge in [0.25, 0.3) is 0 Å². The summed E-state index contributed by atoms with van der Waals surface area (Å²) in [5.74, 6) is 0. The summed E-state index contributed by atoms with van der Waals surface area (Å²) in [7, 11) is 0. The smallest absolute Gasteiger partial charge is 0.315 e. The molecule has 2 rings (SSSR count). The molecule has 0 radical (unpaired) electrons. The van der Waals surface area contributed by atoms with E-state index in [1.807, 2.05) is 32.0 Å². The molecular formula is C19H31N3O2. The van der Waals surface area contributed by atoms with Crippen LogP contribution in [0.25, 0.3) is 0 Å². The molecule has 2 amide bonds. The van der Waals surface area contributed by atoms with Gasteiger partial charge in [0.15, 0.2) is 0 Å². The van der Waals surface area contributed by atoms with E-state index in [1.54, 1.807) is 0 Å². The van der Waals surface area contributed by atoms with Gasteiger partial charge in [-0.3, -0.25) is 0 Å². The predicted octanol–water partition coefficient (Wildman–Crippen LogP) is 2.67. The molecule has 1 heterocycles. The molecule has 5 nitrogen and oxygen atoms in total. The number of carbonyl (C=O) groups excluding carboxylic acids is 1. The Morgan fingerprint density at radius 3 is 2.42 bits per heavy atom. The van der Waals surface area contributed by atoms with Crippen molar-refractivity contribution in [1.29, 1.82) is 0 Å². The molecule has 1 saturated heterocycles. The predicted molar refractivity (Wildman–Crippen MR) is 96.9 cm³/mol. The third-order valence-electron chi connectivity index (χ3n) is 5.04. The molecule has 134 valence electrons. The Hall–Kier alpha value is -1.59. The van der Waals surface area contributed by atoms with E-state index in [0.29, 0.717) is 12.8 Å². The molecule has 1 aliphatic heterocycles. The summed E-state index contributed by atoms with van der Waals surface area (Å²) in [6.45, 7) is 7.16. The second-order valence-electron chi connectivity index (χ2n) is 6.73. The van der Waals surface area contributed by atoms with E-state index in [-0.39, 0.29) is 18.6 Å². The molecule has 0 aromatic heterocycles. The van der Waals surface area contributed by atoms with Gasteiger partial charge >= 0.3 is 6.03 Å². The Morgan fingerprint density at radius 2 is 1.83 bits per heavy atom. The Bertz CT molecular complexity index is 497. The van der Waals surface area contributed by atoms with Crippen molar-refractivity contribution in [3.8, 4) is 0 Å². The number of nitrogens with zero attached hydrogens (tertiary/aromatic N) is 1. The minimum absolute atomic E-state index is 0.0411. The van der Waals surface area contributed by atoms with E-state index >= 15 is 0 Å². The van der Waals surface area contributed by atoms with Gasteiger partial charge in [0.05, 0.1) is 11.6 Å². The number of hydrogen-bond donors (Lipinski definition) is 3. The van der Waals surface area contributed by atoms with E-state index in [2.05, 4.69) is 27.7 Å². The number of benzene rings is 1. The first-order valence-corrected chi connectivity index (χ1v) is 9.10. The second-order valence-corrected chi connectivity index (χ2v) is 6.73. The molecule has 5 heteroatoms. The Morgan fingerprint density at radius 1 is 1.21 bits per heavy atom. The van der Waals surface area contributed by atoms with Crippen LogP contribution in [0.3, 0.4) is 0 Å². The maximum atomic E-state index is 12.3. The van der Waals surface area contributed by atoms with Crippen LogP contribution in [0, 0.1) is 0 Å². The van der Waals surface area contributed by atoms with Crippen molar-refractivity contribution in [3.63, 3.8) is 0 Å². The number of aliphatic hydroxyl groups is 1. The Kier molecular flexibility index (Phi) is 7.06. The fourth-order valence-electron chi connectivity index (χ4n) is 3.10. The van der Waals surface area contributed by atoms with Crippen molar-refractivity contribution in [1.82, 2.24) is 15.5 Å². The monoisotopic (exact) mass is 333 g/mol. The molecule has 1 aromatic rings. The topological polar surface area (TPSA) is 64.6 Å². The molecule has 0 aliphatic carbocycles. The Labute approximate surface area is 145 Å². The molecule has 1 atom stereocenters. The number of urea groups is 1. The lowest BCUT2D eigenvalue weighted by molar-refractivity contribution is 0.0348. The van der Waals surface area contributed by atoms with E-state index in [1.165, 1.54) is 12.8 Å². The van der Waals surface area contributed by atoms with Gasteiger partial charge in [-0.05, 0) is 44.3 Å². The summed E-state index contributed by atoms with van der Waals surface area (Å²) < 4.78 is 0. The maximum absolute atomic E-state index is 12.3. The van der Waals surface area contributed by atoms with Crippen molar-refractivity contribution in [2.75, 3.05) is 26.2 Å². The van der Waals surface area contributed by atoms with E-state index < -0.39 is 5.60 Å². The fraction of sp³-hybridized carbons (Fsp3) is 0.632. The van der Waals surface area contributed by atoms with Gasteiger partial charge in [0, 0.05) is 13.1 Å². The van der Waals surface area contributed by atoms with Gasteiger partial charge in [-0.1, -0.05) is 44.2 Å². The Balaban J connectivity index is 1.95. The minimum atomic E-state index is -0.825. The van der Waals surface area contributed by atoms with Gasteiger partial charge in [-0.2, -0.15) is 0 Å². The molecule has 1 unspecified atom stereocenters. The van der Waals surface area contributed by atoms with Crippen LogP contribution in [-0.2, 0) is 0 Å². The van der Waals surface area contributed by atoms with Crippen LogP contribution in [-0.4, -0.2) is 47.8 Å². The first-order chi connectivity index (χ1) is 11.6.